The molecule has 2 aromatic rings. The highest BCUT2D eigenvalue weighted by atomic mass is 15.2. The molecule has 0 aromatic carbocycles. The van der Waals surface area contributed by atoms with Gasteiger partial charge >= 0.3 is 0 Å². The Morgan fingerprint density at radius 2 is 2.29 bits per heavy atom. The molecule has 0 aliphatic carbocycles. The molecule has 0 aliphatic rings. The quantitative estimate of drug-likeness (QED) is 0.648. The van der Waals surface area contributed by atoms with Crippen LogP contribution >= 0.6 is 0 Å². The van der Waals surface area contributed by atoms with Crippen LogP contribution in [-0.4, -0.2) is 21.1 Å². The molecule has 4 nitrogen and oxygen atoms in total. The second kappa shape index (κ2) is 4.99. The van der Waals surface area contributed by atoms with E-state index in [1.807, 2.05) is 23.7 Å². The van der Waals surface area contributed by atoms with Crippen molar-refractivity contribution in [3.05, 3.63) is 35.8 Å². The Hall–Kier alpha value is -1.84. The van der Waals surface area contributed by atoms with Crippen LogP contribution in [0.25, 0.3) is 5.52 Å². The van der Waals surface area contributed by atoms with Crippen LogP contribution in [-0.2, 0) is 0 Å². The van der Waals surface area contributed by atoms with Gasteiger partial charge in [-0.05, 0) is 33.3 Å². The number of fused-ring (bicyclic) bond motifs is 1. The number of hydrogen-bond acceptors (Lipinski definition) is 3. The molecule has 2 heterocycles. The number of nitrogens with zero attached hydrogens (tertiary/aromatic N) is 3. The molecule has 90 valence electrons. The van der Waals surface area contributed by atoms with Crippen LogP contribution in [0.1, 0.15) is 26.0 Å². The fourth-order valence-corrected chi connectivity index (χ4v) is 1.73. The maximum atomic E-state index is 4.36. The summed E-state index contributed by atoms with van der Waals surface area (Å²) in [5.74, 6) is 0.898. The van der Waals surface area contributed by atoms with Crippen molar-refractivity contribution in [3.63, 3.8) is 0 Å². The van der Waals surface area contributed by atoms with Gasteiger partial charge in [-0.15, -0.1) is 0 Å². The highest BCUT2D eigenvalue weighted by Gasteiger charge is 2.03. The van der Waals surface area contributed by atoms with Crippen molar-refractivity contribution in [1.29, 1.82) is 0 Å². The predicted molar refractivity (Wildman–Crippen MR) is 70.3 cm³/mol. The molecule has 2 rings (SSSR count). The zero-order valence-corrected chi connectivity index (χ0v) is 10.6. The number of hydrogen-bond donors (Lipinski definition) is 1. The summed E-state index contributed by atoms with van der Waals surface area (Å²) in [6.07, 6.45) is 6.86. The maximum Gasteiger partial charge on any atom is 0.152 e. The van der Waals surface area contributed by atoms with Crippen LogP contribution in [0.3, 0.4) is 0 Å². The second-order valence-corrected chi connectivity index (χ2v) is 4.39. The topological polar surface area (TPSA) is 42.2 Å². The van der Waals surface area contributed by atoms with Gasteiger partial charge in [-0.1, -0.05) is 11.6 Å². The number of rotatable bonds is 4. The normalized spacial score (nSPS) is 10.5. The van der Waals surface area contributed by atoms with Crippen molar-refractivity contribution in [2.45, 2.75) is 27.2 Å². The second-order valence-electron chi connectivity index (χ2n) is 4.39. The molecule has 0 bridgehead atoms. The smallest absolute Gasteiger partial charge is 0.152 e. The third-order valence-electron chi connectivity index (χ3n) is 2.50. The Morgan fingerprint density at radius 1 is 1.47 bits per heavy atom. The Kier molecular flexibility index (Phi) is 3.42. The number of aryl methyl sites for hydroxylation is 1. The first-order valence-electron chi connectivity index (χ1n) is 5.85. The molecule has 2 aromatic heterocycles. The van der Waals surface area contributed by atoms with Crippen molar-refractivity contribution in [3.8, 4) is 0 Å². The molecule has 0 saturated carbocycles. The van der Waals surface area contributed by atoms with Gasteiger partial charge in [-0.2, -0.15) is 5.10 Å². The highest BCUT2D eigenvalue weighted by molar-refractivity contribution is 5.67. The lowest BCUT2D eigenvalue weighted by molar-refractivity contribution is 0.918. The molecular formula is C13H18N4. The summed E-state index contributed by atoms with van der Waals surface area (Å²) in [6.45, 7) is 7.10. The van der Waals surface area contributed by atoms with Gasteiger partial charge in [-0.3, -0.25) is 0 Å². The molecule has 0 spiro atoms. The Bertz CT molecular complexity index is 535. The molecule has 0 unspecified atom stereocenters. The molecule has 17 heavy (non-hydrogen) atoms. The van der Waals surface area contributed by atoms with Crippen LogP contribution in [0, 0.1) is 6.92 Å². The van der Waals surface area contributed by atoms with Gasteiger partial charge in [0.25, 0.3) is 0 Å². The van der Waals surface area contributed by atoms with E-state index in [0.29, 0.717) is 0 Å². The monoisotopic (exact) mass is 230 g/mol. The van der Waals surface area contributed by atoms with E-state index in [1.54, 1.807) is 6.20 Å². The lowest BCUT2D eigenvalue weighted by Gasteiger charge is -2.05. The lowest BCUT2D eigenvalue weighted by Crippen LogP contribution is -2.04. The van der Waals surface area contributed by atoms with E-state index >= 15 is 0 Å². The van der Waals surface area contributed by atoms with Crippen molar-refractivity contribution in [1.82, 2.24) is 14.6 Å². The van der Waals surface area contributed by atoms with E-state index in [2.05, 4.69) is 35.3 Å². The van der Waals surface area contributed by atoms with E-state index < -0.39 is 0 Å². The molecule has 1 N–H and O–H groups in total. The van der Waals surface area contributed by atoms with Gasteiger partial charge in [0.2, 0.25) is 0 Å². The van der Waals surface area contributed by atoms with E-state index in [1.165, 1.54) is 5.57 Å². The minimum absolute atomic E-state index is 0.891. The number of allylic oxidation sites excluding steroid dienone is 1. The first kappa shape index (κ1) is 11.6. The van der Waals surface area contributed by atoms with Gasteiger partial charge in [0.15, 0.2) is 5.82 Å². The third-order valence-corrected chi connectivity index (χ3v) is 2.50. The summed E-state index contributed by atoms with van der Waals surface area (Å²) in [6, 6.07) is 2.04. The van der Waals surface area contributed by atoms with Crippen molar-refractivity contribution < 1.29 is 0 Å². The van der Waals surface area contributed by atoms with Crippen molar-refractivity contribution in [2.75, 3.05) is 11.9 Å². The third kappa shape index (κ3) is 2.84. The minimum Gasteiger partial charge on any atom is -0.368 e. The first-order valence-corrected chi connectivity index (χ1v) is 5.85. The summed E-state index contributed by atoms with van der Waals surface area (Å²) in [5.41, 5.74) is 3.38. The zero-order valence-electron chi connectivity index (χ0n) is 10.6. The van der Waals surface area contributed by atoms with Crippen LogP contribution in [0.2, 0.25) is 0 Å². The first-order chi connectivity index (χ1) is 8.16. The SMILES string of the molecule is CC(C)=CCCNc1nccn2nc(C)cc12. The summed E-state index contributed by atoms with van der Waals surface area (Å²) in [4.78, 5) is 4.34. The van der Waals surface area contributed by atoms with Crippen LogP contribution in [0.5, 0.6) is 0 Å². The van der Waals surface area contributed by atoms with E-state index in [9.17, 15) is 0 Å². The van der Waals surface area contributed by atoms with Crippen LogP contribution < -0.4 is 5.32 Å². The van der Waals surface area contributed by atoms with Gasteiger partial charge in [0.05, 0.1) is 5.69 Å². The van der Waals surface area contributed by atoms with Crippen molar-refractivity contribution >= 4 is 11.3 Å². The van der Waals surface area contributed by atoms with E-state index in [0.717, 1.165) is 30.0 Å². The molecule has 0 atom stereocenters. The van der Waals surface area contributed by atoms with Gasteiger partial charge < -0.3 is 5.32 Å². The van der Waals surface area contributed by atoms with E-state index in [-0.39, 0.29) is 0 Å². The highest BCUT2D eigenvalue weighted by Crippen LogP contribution is 2.14. The van der Waals surface area contributed by atoms with Gasteiger partial charge in [0, 0.05) is 18.9 Å². The summed E-state index contributed by atoms with van der Waals surface area (Å²) in [7, 11) is 0. The molecule has 4 heteroatoms. The van der Waals surface area contributed by atoms with Gasteiger partial charge in [-0.25, -0.2) is 9.50 Å². The molecule has 0 fully saturated rings. The van der Waals surface area contributed by atoms with E-state index in [4.69, 9.17) is 0 Å². The Balaban J connectivity index is 2.10. The molecule has 0 saturated heterocycles. The largest absolute Gasteiger partial charge is 0.368 e. The number of anilines is 1. The maximum absolute atomic E-state index is 4.36. The van der Waals surface area contributed by atoms with Gasteiger partial charge in [0.1, 0.15) is 5.52 Å². The summed E-state index contributed by atoms with van der Waals surface area (Å²) in [5, 5.41) is 7.69. The number of nitrogens with one attached hydrogen (secondary N) is 1. The Morgan fingerprint density at radius 3 is 3.06 bits per heavy atom. The molecule has 0 radical (unpaired) electrons. The summed E-state index contributed by atoms with van der Waals surface area (Å²) < 4.78 is 1.85. The predicted octanol–water partition coefficient (Wildman–Crippen LogP) is 2.81. The van der Waals surface area contributed by atoms with Crippen molar-refractivity contribution in [2.24, 2.45) is 0 Å². The lowest BCUT2D eigenvalue weighted by atomic mass is 10.2. The minimum atomic E-state index is 0.891. The number of aromatic nitrogens is 3. The van der Waals surface area contributed by atoms with Crippen LogP contribution in [0.4, 0.5) is 5.82 Å². The fraction of sp³-hybridized carbons (Fsp3) is 0.385. The fourth-order valence-electron chi connectivity index (χ4n) is 1.73. The standard InChI is InChI=1S/C13H18N4/c1-10(2)5-4-6-14-13-12-9-11(3)16-17(12)8-7-15-13/h5,7-9H,4,6H2,1-3H3,(H,14,15). The summed E-state index contributed by atoms with van der Waals surface area (Å²) >= 11 is 0. The van der Waals surface area contributed by atoms with Crippen LogP contribution in [0.15, 0.2) is 30.1 Å². The molecule has 0 aliphatic heterocycles. The zero-order chi connectivity index (χ0) is 12.3. The molecule has 0 amide bonds. The Labute approximate surface area is 101 Å². The average Bonchev–Trinajstić information content (AvgIpc) is 2.65. The molecular weight excluding hydrogens is 212 g/mol. The average molecular weight is 230 g/mol.